The Labute approximate surface area is 133 Å². The summed E-state index contributed by atoms with van der Waals surface area (Å²) < 4.78 is 27.4. The van der Waals surface area contributed by atoms with Gasteiger partial charge in [0.25, 0.3) is 10.0 Å². The van der Waals surface area contributed by atoms with Gasteiger partial charge in [-0.1, -0.05) is 23.7 Å². The predicted molar refractivity (Wildman–Crippen MR) is 85.1 cm³/mol. The first-order valence-electron chi connectivity index (χ1n) is 6.33. The second-order valence-electron chi connectivity index (χ2n) is 4.87. The molecule has 0 aliphatic rings. The van der Waals surface area contributed by atoms with Crippen LogP contribution in [0, 0.1) is 13.8 Å². The lowest BCUT2D eigenvalue weighted by atomic mass is 10.1. The van der Waals surface area contributed by atoms with Gasteiger partial charge in [-0.3, -0.25) is 4.72 Å². The van der Waals surface area contributed by atoms with E-state index >= 15 is 0 Å². The highest BCUT2D eigenvalue weighted by atomic mass is 35.5. The van der Waals surface area contributed by atoms with Crippen LogP contribution in [0.1, 0.15) is 21.5 Å². The fraction of sp³-hybridized carbons (Fsp3) is 0.133. The van der Waals surface area contributed by atoms with Gasteiger partial charge in [0.15, 0.2) is 0 Å². The third kappa shape index (κ3) is 3.40. The molecule has 0 saturated carbocycles. The fourth-order valence-electron chi connectivity index (χ4n) is 1.89. The molecule has 2 aromatic carbocycles. The molecule has 0 aromatic heterocycles. The molecule has 0 atom stereocenters. The molecule has 5 nitrogen and oxygen atoms in total. The van der Waals surface area contributed by atoms with Gasteiger partial charge < -0.3 is 5.11 Å². The largest absolute Gasteiger partial charge is 0.478 e. The minimum Gasteiger partial charge on any atom is -0.478 e. The van der Waals surface area contributed by atoms with Crippen LogP contribution in [-0.4, -0.2) is 19.5 Å². The van der Waals surface area contributed by atoms with Crippen molar-refractivity contribution in [2.75, 3.05) is 4.72 Å². The molecule has 22 heavy (non-hydrogen) atoms. The quantitative estimate of drug-likeness (QED) is 0.893. The lowest BCUT2D eigenvalue weighted by Crippen LogP contribution is -2.15. The zero-order valence-corrected chi connectivity index (χ0v) is 13.5. The Kier molecular flexibility index (Phi) is 4.44. The number of carbonyl (C=O) groups is 1. The smallest absolute Gasteiger partial charge is 0.335 e. The third-order valence-corrected chi connectivity index (χ3v) is 4.95. The van der Waals surface area contributed by atoms with Gasteiger partial charge in [0.05, 0.1) is 16.3 Å². The lowest BCUT2D eigenvalue weighted by molar-refractivity contribution is 0.0696. The van der Waals surface area contributed by atoms with E-state index in [0.717, 1.165) is 17.2 Å². The lowest BCUT2D eigenvalue weighted by Gasteiger charge is -2.12. The molecular formula is C15H14ClNO4S. The van der Waals surface area contributed by atoms with Crippen LogP contribution in [0.4, 0.5) is 5.69 Å². The zero-order valence-electron chi connectivity index (χ0n) is 11.9. The Hall–Kier alpha value is -2.05. The average Bonchev–Trinajstić information content (AvgIpc) is 2.42. The molecule has 2 rings (SSSR count). The number of hydrogen-bond donors (Lipinski definition) is 2. The first-order valence-corrected chi connectivity index (χ1v) is 8.20. The first kappa shape index (κ1) is 16.3. The van der Waals surface area contributed by atoms with Gasteiger partial charge in [-0.25, -0.2) is 13.2 Å². The van der Waals surface area contributed by atoms with E-state index in [1.807, 2.05) is 13.0 Å². The van der Waals surface area contributed by atoms with Crippen molar-refractivity contribution in [2.45, 2.75) is 18.7 Å². The van der Waals surface area contributed by atoms with Crippen LogP contribution in [0.3, 0.4) is 0 Å². The standard InChI is InChI=1S/C15H14ClNO4S/c1-9-3-4-10(2)13(7-9)17-22(20,21)14-8-11(15(18)19)5-6-12(14)16/h3-8,17H,1-2H3,(H,18,19). The van der Waals surface area contributed by atoms with E-state index in [2.05, 4.69) is 4.72 Å². The highest BCUT2D eigenvalue weighted by Gasteiger charge is 2.21. The first-order chi connectivity index (χ1) is 10.2. The molecule has 0 saturated heterocycles. The summed E-state index contributed by atoms with van der Waals surface area (Å²) in [5.74, 6) is -1.22. The van der Waals surface area contributed by atoms with Crippen molar-refractivity contribution in [1.29, 1.82) is 0 Å². The molecular weight excluding hydrogens is 326 g/mol. The number of aromatic carboxylic acids is 1. The van der Waals surface area contributed by atoms with Crippen LogP contribution in [0.15, 0.2) is 41.3 Å². The van der Waals surface area contributed by atoms with Gasteiger partial charge in [0.1, 0.15) is 4.90 Å². The molecule has 0 amide bonds. The number of benzene rings is 2. The number of carboxylic acids is 1. The maximum atomic E-state index is 12.5. The van der Waals surface area contributed by atoms with Crippen molar-refractivity contribution >= 4 is 33.3 Å². The van der Waals surface area contributed by atoms with Crippen LogP contribution in [0.5, 0.6) is 0 Å². The van der Waals surface area contributed by atoms with Crippen molar-refractivity contribution in [3.8, 4) is 0 Å². The van der Waals surface area contributed by atoms with E-state index in [-0.39, 0.29) is 15.5 Å². The summed E-state index contributed by atoms with van der Waals surface area (Å²) in [7, 11) is -3.98. The summed E-state index contributed by atoms with van der Waals surface area (Å²) in [4.78, 5) is 10.7. The minimum atomic E-state index is -3.98. The Morgan fingerprint density at radius 2 is 1.82 bits per heavy atom. The second-order valence-corrected chi connectivity index (χ2v) is 6.93. The molecule has 0 heterocycles. The number of rotatable bonds is 4. The number of sulfonamides is 1. The SMILES string of the molecule is Cc1ccc(C)c(NS(=O)(=O)c2cc(C(=O)O)ccc2Cl)c1. The minimum absolute atomic E-state index is 0.0391. The Balaban J connectivity index is 2.49. The fourth-order valence-corrected chi connectivity index (χ4v) is 3.54. The monoisotopic (exact) mass is 339 g/mol. The molecule has 0 aliphatic heterocycles. The van der Waals surface area contributed by atoms with Crippen LogP contribution < -0.4 is 4.72 Å². The molecule has 0 radical (unpaired) electrons. The van der Waals surface area contributed by atoms with E-state index in [4.69, 9.17) is 16.7 Å². The van der Waals surface area contributed by atoms with Crippen LogP contribution >= 0.6 is 11.6 Å². The highest BCUT2D eigenvalue weighted by molar-refractivity contribution is 7.92. The topological polar surface area (TPSA) is 83.5 Å². The summed E-state index contributed by atoms with van der Waals surface area (Å²) in [6.45, 7) is 3.61. The second kappa shape index (κ2) is 5.98. The predicted octanol–water partition coefficient (Wildman–Crippen LogP) is 3.46. The van der Waals surface area contributed by atoms with Gasteiger partial charge >= 0.3 is 5.97 Å². The maximum Gasteiger partial charge on any atom is 0.335 e. The van der Waals surface area contributed by atoms with E-state index in [1.165, 1.54) is 12.1 Å². The highest BCUT2D eigenvalue weighted by Crippen LogP contribution is 2.26. The molecule has 0 aliphatic carbocycles. The van der Waals surface area contributed by atoms with E-state index in [0.29, 0.717) is 5.69 Å². The van der Waals surface area contributed by atoms with Crippen molar-refractivity contribution in [2.24, 2.45) is 0 Å². The molecule has 0 bridgehead atoms. The van der Waals surface area contributed by atoms with Crippen LogP contribution in [-0.2, 0) is 10.0 Å². The van der Waals surface area contributed by atoms with Crippen molar-refractivity contribution < 1.29 is 18.3 Å². The molecule has 2 aromatic rings. The Morgan fingerprint density at radius 3 is 2.45 bits per heavy atom. The number of halogens is 1. The maximum absolute atomic E-state index is 12.5. The van der Waals surface area contributed by atoms with Gasteiger partial charge in [0.2, 0.25) is 0 Å². The summed E-state index contributed by atoms with van der Waals surface area (Å²) in [6.07, 6.45) is 0. The van der Waals surface area contributed by atoms with E-state index in [9.17, 15) is 13.2 Å². The number of anilines is 1. The molecule has 2 N–H and O–H groups in total. The van der Waals surface area contributed by atoms with Crippen molar-refractivity contribution in [3.05, 3.63) is 58.1 Å². The summed E-state index contributed by atoms with van der Waals surface area (Å²) in [6, 6.07) is 8.90. The van der Waals surface area contributed by atoms with Crippen molar-refractivity contribution in [3.63, 3.8) is 0 Å². The van der Waals surface area contributed by atoms with Gasteiger partial charge in [-0.2, -0.15) is 0 Å². The van der Waals surface area contributed by atoms with Crippen LogP contribution in [0.25, 0.3) is 0 Å². The number of aryl methyl sites for hydroxylation is 2. The summed E-state index contributed by atoms with van der Waals surface area (Å²) >= 11 is 5.91. The molecule has 0 unspecified atom stereocenters. The Bertz CT molecular complexity index is 847. The zero-order chi connectivity index (χ0) is 16.5. The molecule has 116 valence electrons. The average molecular weight is 340 g/mol. The van der Waals surface area contributed by atoms with Crippen LogP contribution in [0.2, 0.25) is 5.02 Å². The van der Waals surface area contributed by atoms with Gasteiger partial charge in [-0.15, -0.1) is 0 Å². The Morgan fingerprint density at radius 1 is 1.14 bits per heavy atom. The van der Waals surface area contributed by atoms with E-state index < -0.39 is 16.0 Å². The normalized spacial score (nSPS) is 11.2. The molecule has 0 fully saturated rings. The summed E-state index contributed by atoms with van der Waals surface area (Å²) in [5, 5.41) is 8.94. The van der Waals surface area contributed by atoms with E-state index in [1.54, 1.807) is 19.1 Å². The number of carboxylic acid groups (broad SMARTS) is 1. The number of hydrogen-bond acceptors (Lipinski definition) is 3. The molecule has 7 heteroatoms. The third-order valence-electron chi connectivity index (χ3n) is 3.11. The van der Waals surface area contributed by atoms with Crippen molar-refractivity contribution in [1.82, 2.24) is 0 Å². The summed E-state index contributed by atoms with van der Waals surface area (Å²) in [5.41, 5.74) is 1.93. The van der Waals surface area contributed by atoms with Gasteiger partial charge in [-0.05, 0) is 49.2 Å². The number of nitrogens with one attached hydrogen (secondary N) is 1. The molecule has 0 spiro atoms. The van der Waals surface area contributed by atoms with Gasteiger partial charge in [0, 0.05) is 0 Å².